The Kier molecular flexibility index (Phi) is 5.86. The molecule has 4 rings (SSSR count). The standard InChI is InChI=1S/C24H20N2O3S/c1-28-20-12-8-18(9-13-20)25-24-26(19-10-14-21(29-2)15-11-19)23(27)22(30-24)16-17-6-4-3-5-7-17/h3-16H,1-2H3/b22-16-,25-24?. The van der Waals surface area contributed by atoms with Crippen LogP contribution in [0.15, 0.2) is 88.8 Å². The van der Waals surface area contributed by atoms with Crippen LogP contribution in [0, 0.1) is 0 Å². The molecule has 150 valence electrons. The van der Waals surface area contributed by atoms with Gasteiger partial charge in [0.1, 0.15) is 11.5 Å². The highest BCUT2D eigenvalue weighted by atomic mass is 32.2. The van der Waals surface area contributed by atoms with E-state index in [1.54, 1.807) is 19.1 Å². The van der Waals surface area contributed by atoms with Crippen LogP contribution in [0.1, 0.15) is 5.56 Å². The van der Waals surface area contributed by atoms with E-state index < -0.39 is 0 Å². The van der Waals surface area contributed by atoms with Crippen molar-refractivity contribution >= 4 is 40.3 Å². The fraction of sp³-hybridized carbons (Fsp3) is 0.0833. The lowest BCUT2D eigenvalue weighted by Gasteiger charge is -2.16. The Bertz CT molecular complexity index is 1090. The first-order chi connectivity index (χ1) is 14.7. The molecule has 1 heterocycles. The zero-order valence-corrected chi connectivity index (χ0v) is 17.4. The maximum absolute atomic E-state index is 13.3. The lowest BCUT2D eigenvalue weighted by atomic mass is 10.2. The molecule has 0 saturated carbocycles. The smallest absolute Gasteiger partial charge is 0.271 e. The van der Waals surface area contributed by atoms with Crippen LogP contribution in [-0.2, 0) is 4.79 Å². The van der Waals surface area contributed by atoms with Gasteiger partial charge in [-0.2, -0.15) is 0 Å². The van der Waals surface area contributed by atoms with E-state index in [2.05, 4.69) is 0 Å². The second kappa shape index (κ2) is 8.88. The van der Waals surface area contributed by atoms with E-state index in [1.807, 2.05) is 84.9 Å². The van der Waals surface area contributed by atoms with E-state index in [0.29, 0.717) is 10.1 Å². The predicted octanol–water partition coefficient (Wildman–Crippen LogP) is 5.51. The highest BCUT2D eigenvalue weighted by Crippen LogP contribution is 2.38. The largest absolute Gasteiger partial charge is 0.497 e. The number of carbonyl (C=O) groups excluding carboxylic acids is 1. The molecular formula is C24H20N2O3S. The molecular weight excluding hydrogens is 396 g/mol. The molecule has 0 spiro atoms. The summed E-state index contributed by atoms with van der Waals surface area (Å²) in [6, 6.07) is 24.6. The Hall–Kier alpha value is -3.51. The summed E-state index contributed by atoms with van der Waals surface area (Å²) in [5.41, 5.74) is 2.44. The number of ether oxygens (including phenoxy) is 2. The van der Waals surface area contributed by atoms with Crippen LogP contribution in [-0.4, -0.2) is 25.3 Å². The molecule has 30 heavy (non-hydrogen) atoms. The van der Waals surface area contributed by atoms with E-state index >= 15 is 0 Å². The summed E-state index contributed by atoms with van der Waals surface area (Å²) in [5, 5.41) is 0.595. The summed E-state index contributed by atoms with van der Waals surface area (Å²) in [4.78, 5) is 20.2. The summed E-state index contributed by atoms with van der Waals surface area (Å²) >= 11 is 1.36. The van der Waals surface area contributed by atoms with Gasteiger partial charge in [0.05, 0.1) is 30.5 Å². The number of carbonyl (C=O) groups is 1. The molecule has 1 saturated heterocycles. The maximum Gasteiger partial charge on any atom is 0.271 e. The molecule has 1 aliphatic heterocycles. The molecule has 0 bridgehead atoms. The Balaban J connectivity index is 1.74. The highest BCUT2D eigenvalue weighted by Gasteiger charge is 2.34. The van der Waals surface area contributed by atoms with Crippen molar-refractivity contribution in [2.45, 2.75) is 0 Å². The lowest BCUT2D eigenvalue weighted by molar-refractivity contribution is -0.113. The quantitative estimate of drug-likeness (QED) is 0.515. The van der Waals surface area contributed by atoms with Gasteiger partial charge in [0.25, 0.3) is 5.91 Å². The Morgan fingerprint density at radius 3 is 2.03 bits per heavy atom. The Morgan fingerprint density at radius 1 is 0.833 bits per heavy atom. The van der Waals surface area contributed by atoms with Crippen molar-refractivity contribution in [1.29, 1.82) is 0 Å². The van der Waals surface area contributed by atoms with Crippen molar-refractivity contribution in [3.05, 3.63) is 89.3 Å². The predicted molar refractivity (Wildman–Crippen MR) is 123 cm³/mol. The molecule has 0 N–H and O–H groups in total. The second-order valence-corrected chi connectivity index (χ2v) is 7.46. The van der Waals surface area contributed by atoms with Crippen LogP contribution < -0.4 is 14.4 Å². The molecule has 3 aromatic carbocycles. The normalized spacial score (nSPS) is 16.3. The first-order valence-electron chi connectivity index (χ1n) is 9.34. The molecule has 0 radical (unpaired) electrons. The van der Waals surface area contributed by atoms with Gasteiger partial charge < -0.3 is 9.47 Å². The summed E-state index contributed by atoms with van der Waals surface area (Å²) in [6.45, 7) is 0. The number of rotatable bonds is 5. The van der Waals surface area contributed by atoms with Crippen LogP contribution in [0.2, 0.25) is 0 Å². The molecule has 6 heteroatoms. The van der Waals surface area contributed by atoms with Crippen molar-refractivity contribution in [2.75, 3.05) is 19.1 Å². The number of amides is 1. The van der Waals surface area contributed by atoms with Gasteiger partial charge in [0, 0.05) is 0 Å². The first-order valence-corrected chi connectivity index (χ1v) is 10.2. The number of amidine groups is 1. The van der Waals surface area contributed by atoms with Crippen LogP contribution in [0.4, 0.5) is 11.4 Å². The number of hydrogen-bond donors (Lipinski definition) is 0. The summed E-state index contributed by atoms with van der Waals surface area (Å²) in [7, 11) is 3.24. The topological polar surface area (TPSA) is 51.1 Å². The van der Waals surface area contributed by atoms with Crippen molar-refractivity contribution in [3.63, 3.8) is 0 Å². The van der Waals surface area contributed by atoms with Crippen LogP contribution >= 0.6 is 11.8 Å². The van der Waals surface area contributed by atoms with Crippen LogP contribution in [0.5, 0.6) is 11.5 Å². The van der Waals surface area contributed by atoms with Crippen molar-refractivity contribution < 1.29 is 14.3 Å². The van der Waals surface area contributed by atoms with Gasteiger partial charge in [-0.1, -0.05) is 30.3 Å². The van der Waals surface area contributed by atoms with Crippen LogP contribution in [0.3, 0.4) is 0 Å². The van der Waals surface area contributed by atoms with Crippen molar-refractivity contribution in [1.82, 2.24) is 0 Å². The number of nitrogens with zero attached hydrogens (tertiary/aromatic N) is 2. The summed E-state index contributed by atoms with van der Waals surface area (Å²) in [6.07, 6.45) is 1.89. The molecule has 0 atom stereocenters. The van der Waals surface area contributed by atoms with E-state index in [-0.39, 0.29) is 5.91 Å². The molecule has 0 aliphatic carbocycles. The first kappa shape index (κ1) is 19.8. The van der Waals surface area contributed by atoms with E-state index in [9.17, 15) is 4.79 Å². The van der Waals surface area contributed by atoms with Crippen molar-refractivity contribution in [2.24, 2.45) is 4.99 Å². The molecule has 1 amide bonds. The third kappa shape index (κ3) is 4.23. The van der Waals surface area contributed by atoms with Crippen LogP contribution in [0.25, 0.3) is 6.08 Å². The third-order valence-electron chi connectivity index (χ3n) is 4.53. The lowest BCUT2D eigenvalue weighted by Crippen LogP contribution is -2.28. The third-order valence-corrected chi connectivity index (χ3v) is 5.50. The van der Waals surface area contributed by atoms with Crippen molar-refractivity contribution in [3.8, 4) is 11.5 Å². The summed E-state index contributed by atoms with van der Waals surface area (Å²) < 4.78 is 10.5. The fourth-order valence-electron chi connectivity index (χ4n) is 2.98. The minimum Gasteiger partial charge on any atom is -0.497 e. The number of thioether (sulfide) groups is 1. The average Bonchev–Trinajstić information content (AvgIpc) is 3.09. The number of hydrogen-bond acceptors (Lipinski definition) is 5. The highest BCUT2D eigenvalue weighted by molar-refractivity contribution is 8.19. The van der Waals surface area contributed by atoms with E-state index in [4.69, 9.17) is 14.5 Å². The molecule has 1 fully saturated rings. The Morgan fingerprint density at radius 2 is 1.43 bits per heavy atom. The summed E-state index contributed by atoms with van der Waals surface area (Å²) in [5.74, 6) is 1.37. The van der Waals surface area contributed by atoms with Gasteiger partial charge in [-0.05, 0) is 71.9 Å². The molecule has 0 unspecified atom stereocenters. The molecule has 0 aromatic heterocycles. The minimum absolute atomic E-state index is 0.110. The number of methoxy groups -OCH3 is 2. The second-order valence-electron chi connectivity index (χ2n) is 6.45. The van der Waals surface area contributed by atoms with Gasteiger partial charge >= 0.3 is 0 Å². The van der Waals surface area contributed by atoms with E-state index in [0.717, 1.165) is 28.4 Å². The Labute approximate surface area is 179 Å². The maximum atomic E-state index is 13.3. The SMILES string of the molecule is COc1ccc(N=C2S/C(=C\c3ccccc3)C(=O)N2c2ccc(OC)cc2)cc1. The molecule has 5 nitrogen and oxygen atoms in total. The molecule has 1 aliphatic rings. The van der Waals surface area contributed by atoms with Gasteiger partial charge in [0.15, 0.2) is 5.17 Å². The molecule has 3 aromatic rings. The zero-order valence-electron chi connectivity index (χ0n) is 16.6. The van der Waals surface area contributed by atoms with Gasteiger partial charge in [-0.3, -0.25) is 9.69 Å². The van der Waals surface area contributed by atoms with Gasteiger partial charge in [-0.25, -0.2) is 4.99 Å². The monoisotopic (exact) mass is 416 g/mol. The van der Waals surface area contributed by atoms with Gasteiger partial charge in [-0.15, -0.1) is 0 Å². The van der Waals surface area contributed by atoms with E-state index in [1.165, 1.54) is 11.8 Å². The zero-order chi connectivity index (χ0) is 20.9. The number of benzene rings is 3. The number of aliphatic imine (C=N–C) groups is 1. The number of anilines is 1. The van der Waals surface area contributed by atoms with Gasteiger partial charge in [0.2, 0.25) is 0 Å². The fourth-order valence-corrected chi connectivity index (χ4v) is 3.98. The average molecular weight is 417 g/mol. The minimum atomic E-state index is -0.110.